The molecular formula is C17H20N4O2S. The molecule has 2 aliphatic rings. The zero-order valence-corrected chi connectivity index (χ0v) is 14.5. The minimum atomic E-state index is -0.237. The van der Waals surface area contributed by atoms with E-state index in [2.05, 4.69) is 28.1 Å². The molecule has 126 valence electrons. The number of rotatable bonds is 4. The van der Waals surface area contributed by atoms with Gasteiger partial charge in [-0.1, -0.05) is 30.4 Å². The van der Waals surface area contributed by atoms with Crippen LogP contribution in [0.2, 0.25) is 0 Å². The molecule has 1 amide bonds. The predicted octanol–water partition coefficient (Wildman–Crippen LogP) is 3.01. The van der Waals surface area contributed by atoms with Gasteiger partial charge in [0, 0.05) is 19.5 Å². The van der Waals surface area contributed by atoms with Crippen LogP contribution in [0.15, 0.2) is 18.2 Å². The van der Waals surface area contributed by atoms with Crippen LogP contribution in [0.4, 0.5) is 15.6 Å². The van der Waals surface area contributed by atoms with Crippen LogP contribution >= 0.6 is 11.3 Å². The number of hydrogen-bond acceptors (Lipinski definition) is 6. The first kappa shape index (κ1) is 15.4. The van der Waals surface area contributed by atoms with Crippen molar-refractivity contribution in [3.63, 3.8) is 0 Å². The average molecular weight is 344 g/mol. The lowest BCUT2D eigenvalue weighted by molar-refractivity contribution is 0.181. The molecule has 3 heterocycles. The third-order valence-corrected chi connectivity index (χ3v) is 5.53. The van der Waals surface area contributed by atoms with Crippen molar-refractivity contribution in [3.8, 4) is 0 Å². The van der Waals surface area contributed by atoms with E-state index in [1.807, 2.05) is 12.1 Å². The monoisotopic (exact) mass is 344 g/mol. The summed E-state index contributed by atoms with van der Waals surface area (Å²) in [6.45, 7) is 4.97. The normalized spacial score (nSPS) is 17.1. The molecule has 0 N–H and O–H groups in total. The molecule has 0 unspecified atom stereocenters. The molecule has 1 saturated heterocycles. The van der Waals surface area contributed by atoms with Crippen LogP contribution < -0.4 is 9.80 Å². The zero-order valence-electron chi connectivity index (χ0n) is 13.7. The Morgan fingerprint density at radius 3 is 3.00 bits per heavy atom. The molecule has 7 heteroatoms. The number of carbonyl (C=O) groups excluding carboxylic acids is 1. The molecule has 0 bridgehead atoms. The van der Waals surface area contributed by atoms with Crippen molar-refractivity contribution in [1.82, 2.24) is 10.2 Å². The second-order valence-electron chi connectivity index (χ2n) is 6.08. The van der Waals surface area contributed by atoms with Gasteiger partial charge < -0.3 is 9.64 Å². The smallest absolute Gasteiger partial charge is 0.414 e. The van der Waals surface area contributed by atoms with Crippen molar-refractivity contribution in [2.45, 2.75) is 32.7 Å². The van der Waals surface area contributed by atoms with E-state index in [0.29, 0.717) is 13.2 Å². The van der Waals surface area contributed by atoms with E-state index < -0.39 is 0 Å². The maximum atomic E-state index is 11.9. The van der Waals surface area contributed by atoms with Crippen molar-refractivity contribution in [1.29, 1.82) is 0 Å². The maximum absolute atomic E-state index is 11.9. The fourth-order valence-electron chi connectivity index (χ4n) is 3.31. The van der Waals surface area contributed by atoms with Crippen LogP contribution in [-0.4, -0.2) is 36.0 Å². The van der Waals surface area contributed by atoms with E-state index >= 15 is 0 Å². The molecule has 1 aromatic heterocycles. The first-order valence-electron chi connectivity index (χ1n) is 8.38. The highest BCUT2D eigenvalue weighted by Crippen LogP contribution is 2.33. The molecule has 0 aliphatic carbocycles. The molecule has 4 rings (SSSR count). The predicted molar refractivity (Wildman–Crippen MR) is 93.8 cm³/mol. The Bertz CT molecular complexity index is 761. The molecule has 0 saturated carbocycles. The first-order valence-corrected chi connectivity index (χ1v) is 9.20. The van der Waals surface area contributed by atoms with E-state index in [0.717, 1.165) is 48.2 Å². The molecule has 1 fully saturated rings. The van der Waals surface area contributed by atoms with E-state index in [9.17, 15) is 4.79 Å². The number of nitrogens with zero attached hydrogens (tertiary/aromatic N) is 4. The Labute approximate surface area is 145 Å². The first-order chi connectivity index (χ1) is 11.8. The fraction of sp³-hybridized carbons (Fsp3) is 0.471. The number of amides is 1. The second-order valence-corrected chi connectivity index (χ2v) is 7.12. The number of anilines is 2. The van der Waals surface area contributed by atoms with Crippen molar-refractivity contribution in [3.05, 3.63) is 34.3 Å². The lowest BCUT2D eigenvalue weighted by atomic mass is 9.97. The van der Waals surface area contributed by atoms with E-state index in [-0.39, 0.29) is 6.09 Å². The molecule has 0 atom stereocenters. The van der Waals surface area contributed by atoms with Gasteiger partial charge in [-0.3, -0.25) is 4.90 Å². The van der Waals surface area contributed by atoms with E-state index in [1.54, 1.807) is 16.2 Å². The molecule has 2 aromatic rings. The number of benzene rings is 1. The van der Waals surface area contributed by atoms with Crippen LogP contribution in [0.25, 0.3) is 0 Å². The lowest BCUT2D eigenvalue weighted by Crippen LogP contribution is -2.33. The standard InChI is InChI=1S/C17H20N4O2S/c1-2-4-15-18-19-16(24-15)20-8-7-13-12(11-20)5-3-6-14(13)21-9-10-23-17(21)22/h3,5-6H,2,4,7-11H2,1H3. The molecule has 2 aliphatic heterocycles. The highest BCUT2D eigenvalue weighted by atomic mass is 32.1. The summed E-state index contributed by atoms with van der Waals surface area (Å²) >= 11 is 1.69. The molecule has 0 spiro atoms. The summed E-state index contributed by atoms with van der Waals surface area (Å²) in [5, 5.41) is 10.7. The molecule has 0 radical (unpaired) electrons. The molecule has 1 aromatic carbocycles. The molecule has 6 nitrogen and oxygen atoms in total. The summed E-state index contributed by atoms with van der Waals surface area (Å²) < 4.78 is 5.09. The average Bonchev–Trinajstić information content (AvgIpc) is 3.23. The van der Waals surface area contributed by atoms with Gasteiger partial charge in [-0.15, -0.1) is 10.2 Å². The molecular weight excluding hydrogens is 324 g/mol. The maximum Gasteiger partial charge on any atom is 0.414 e. The summed E-state index contributed by atoms with van der Waals surface area (Å²) in [6, 6.07) is 6.18. The van der Waals surface area contributed by atoms with Crippen LogP contribution in [0.1, 0.15) is 29.5 Å². The Balaban J connectivity index is 1.58. The van der Waals surface area contributed by atoms with Gasteiger partial charge in [-0.2, -0.15) is 0 Å². The van der Waals surface area contributed by atoms with Crippen molar-refractivity contribution in [2.75, 3.05) is 29.5 Å². The summed E-state index contributed by atoms with van der Waals surface area (Å²) in [4.78, 5) is 15.9. The topological polar surface area (TPSA) is 58.6 Å². The Morgan fingerprint density at radius 2 is 2.21 bits per heavy atom. The van der Waals surface area contributed by atoms with Crippen LogP contribution in [0, 0.1) is 0 Å². The SMILES string of the molecule is CCCc1nnc(N2CCc3c(cccc3N3CCOC3=O)C2)s1. The Morgan fingerprint density at radius 1 is 1.29 bits per heavy atom. The van der Waals surface area contributed by atoms with Gasteiger partial charge in [-0.05, 0) is 30.0 Å². The molecule has 24 heavy (non-hydrogen) atoms. The van der Waals surface area contributed by atoms with Crippen molar-refractivity contribution >= 4 is 28.2 Å². The largest absolute Gasteiger partial charge is 0.447 e. The van der Waals surface area contributed by atoms with Gasteiger partial charge >= 0.3 is 6.09 Å². The summed E-state index contributed by atoms with van der Waals surface area (Å²) in [5.41, 5.74) is 3.51. The third kappa shape index (κ3) is 2.73. The number of hydrogen-bond donors (Lipinski definition) is 0. The quantitative estimate of drug-likeness (QED) is 0.853. The number of cyclic esters (lactones) is 1. The van der Waals surface area contributed by atoms with Crippen LogP contribution in [0.5, 0.6) is 0 Å². The summed E-state index contributed by atoms with van der Waals surface area (Å²) in [6.07, 6.45) is 2.74. The van der Waals surface area contributed by atoms with Gasteiger partial charge in [0.25, 0.3) is 0 Å². The highest BCUT2D eigenvalue weighted by Gasteiger charge is 2.29. The zero-order chi connectivity index (χ0) is 16.5. The third-order valence-electron chi connectivity index (χ3n) is 4.48. The summed E-state index contributed by atoms with van der Waals surface area (Å²) in [7, 11) is 0. The van der Waals surface area contributed by atoms with Gasteiger partial charge in [0.05, 0.1) is 12.2 Å². The van der Waals surface area contributed by atoms with E-state index in [1.165, 1.54) is 11.1 Å². The number of aromatic nitrogens is 2. The Kier molecular flexibility index (Phi) is 4.10. The number of carbonyl (C=O) groups is 1. The van der Waals surface area contributed by atoms with Gasteiger partial charge in [0.2, 0.25) is 5.13 Å². The minimum Gasteiger partial charge on any atom is -0.447 e. The van der Waals surface area contributed by atoms with Crippen molar-refractivity contribution < 1.29 is 9.53 Å². The van der Waals surface area contributed by atoms with Gasteiger partial charge in [-0.25, -0.2) is 4.79 Å². The fourth-order valence-corrected chi connectivity index (χ4v) is 4.27. The number of ether oxygens (including phenoxy) is 1. The summed E-state index contributed by atoms with van der Waals surface area (Å²) in [5.74, 6) is 0. The highest BCUT2D eigenvalue weighted by molar-refractivity contribution is 7.15. The number of aryl methyl sites for hydroxylation is 1. The number of fused-ring (bicyclic) bond motifs is 1. The Hall–Kier alpha value is -2.15. The minimum absolute atomic E-state index is 0.237. The van der Waals surface area contributed by atoms with Crippen molar-refractivity contribution in [2.24, 2.45) is 0 Å². The van der Waals surface area contributed by atoms with Crippen LogP contribution in [0.3, 0.4) is 0 Å². The van der Waals surface area contributed by atoms with E-state index in [4.69, 9.17) is 4.74 Å². The van der Waals surface area contributed by atoms with Crippen LogP contribution in [-0.2, 0) is 24.1 Å². The lowest BCUT2D eigenvalue weighted by Gasteiger charge is -2.30. The van der Waals surface area contributed by atoms with Gasteiger partial charge in [0.15, 0.2) is 0 Å². The second kappa shape index (κ2) is 6.39. The van der Waals surface area contributed by atoms with Gasteiger partial charge in [0.1, 0.15) is 11.6 Å².